The molecule has 0 aromatic carbocycles. The maximum Gasteiger partial charge on any atom is 0.108 e. The number of likely N-dealkylation sites (N-methyl/N-ethyl adjacent to an activating group) is 1. The Bertz CT molecular complexity index is 547. The molecule has 140 valence electrons. The molecule has 0 amide bonds. The van der Waals surface area contributed by atoms with E-state index in [1.54, 1.807) is 11.3 Å². The lowest BCUT2D eigenvalue weighted by atomic mass is 9.86. The fraction of sp³-hybridized carbons (Fsp3) is 0.750. The summed E-state index contributed by atoms with van der Waals surface area (Å²) in [6.45, 7) is 0. The molecule has 1 heterocycles. The van der Waals surface area contributed by atoms with Crippen LogP contribution in [0.4, 0.5) is 0 Å². The first-order chi connectivity index (χ1) is 11.9. The lowest BCUT2D eigenvalue weighted by molar-refractivity contribution is 0.125. The van der Waals surface area contributed by atoms with Crippen LogP contribution < -0.4 is 5.73 Å². The Balaban J connectivity index is 0.000000196. The largest absolute Gasteiger partial charge is 0.322 e. The van der Waals surface area contributed by atoms with Crippen LogP contribution in [0, 0.1) is 11.3 Å². The van der Waals surface area contributed by atoms with Crippen LogP contribution in [-0.4, -0.2) is 49.1 Å². The fourth-order valence-electron chi connectivity index (χ4n) is 4.38. The lowest BCUT2D eigenvalue weighted by Gasteiger charge is -2.41. The van der Waals surface area contributed by atoms with Crippen LogP contribution in [0.5, 0.6) is 0 Å². The molecule has 25 heavy (non-hydrogen) atoms. The maximum absolute atomic E-state index is 8.90. The number of rotatable bonds is 4. The van der Waals surface area contributed by atoms with E-state index in [1.807, 2.05) is 14.1 Å². The van der Waals surface area contributed by atoms with E-state index in [0.29, 0.717) is 0 Å². The maximum atomic E-state index is 8.90. The van der Waals surface area contributed by atoms with Crippen molar-refractivity contribution in [3.8, 4) is 6.07 Å². The molecule has 2 aliphatic rings. The Morgan fingerprint density at radius 1 is 1.04 bits per heavy atom. The molecule has 0 aliphatic heterocycles. The van der Waals surface area contributed by atoms with Crippen molar-refractivity contribution in [3.63, 3.8) is 0 Å². The Morgan fingerprint density at radius 3 is 1.96 bits per heavy atom. The van der Waals surface area contributed by atoms with E-state index in [2.05, 4.69) is 47.5 Å². The standard InChI is InChI=1S/C12H20N2S.C8H14N2/c1-14(2)12(7-3-4-8-12)11(13)10-6-5-9-15-10;1-10(2)8(7-9)5-3-4-6-8/h5-6,9,11H,3-4,7-8,13H2,1-2H3;3-6H2,1-2H3. The second kappa shape index (κ2) is 8.64. The summed E-state index contributed by atoms with van der Waals surface area (Å²) in [7, 11) is 8.32. The molecule has 0 spiro atoms. The van der Waals surface area contributed by atoms with E-state index >= 15 is 0 Å². The van der Waals surface area contributed by atoms with E-state index in [0.717, 1.165) is 12.8 Å². The van der Waals surface area contributed by atoms with Crippen molar-refractivity contribution in [1.82, 2.24) is 9.80 Å². The Hall–Kier alpha value is -0.930. The number of hydrogen-bond acceptors (Lipinski definition) is 5. The molecule has 0 bridgehead atoms. The summed E-state index contributed by atoms with van der Waals surface area (Å²) in [5, 5.41) is 11.0. The van der Waals surface area contributed by atoms with Crippen molar-refractivity contribution in [3.05, 3.63) is 22.4 Å². The zero-order chi connectivity index (χ0) is 18.5. The van der Waals surface area contributed by atoms with Gasteiger partial charge in [-0.15, -0.1) is 11.3 Å². The van der Waals surface area contributed by atoms with Crippen LogP contribution in [0.15, 0.2) is 17.5 Å². The quantitative estimate of drug-likeness (QED) is 0.879. The van der Waals surface area contributed by atoms with Crippen molar-refractivity contribution >= 4 is 11.3 Å². The normalized spacial score (nSPS) is 22.5. The number of nitrogens with two attached hydrogens (primary N) is 1. The minimum atomic E-state index is -0.125. The third kappa shape index (κ3) is 4.25. The van der Waals surface area contributed by atoms with Crippen molar-refractivity contribution in [2.45, 2.75) is 68.5 Å². The van der Waals surface area contributed by atoms with E-state index in [1.165, 1.54) is 43.4 Å². The van der Waals surface area contributed by atoms with Crippen LogP contribution in [0.25, 0.3) is 0 Å². The molecule has 5 heteroatoms. The zero-order valence-electron chi connectivity index (χ0n) is 16.3. The monoisotopic (exact) mass is 362 g/mol. The number of thiophene rings is 1. The molecule has 3 rings (SSSR count). The Labute approximate surface area is 157 Å². The first kappa shape index (κ1) is 20.4. The molecule has 2 fully saturated rings. The molecule has 1 atom stereocenters. The molecule has 2 saturated carbocycles. The van der Waals surface area contributed by atoms with Crippen LogP contribution in [0.1, 0.15) is 62.3 Å². The predicted octanol–water partition coefficient (Wildman–Crippen LogP) is 4.01. The zero-order valence-corrected chi connectivity index (χ0v) is 17.1. The number of nitriles is 1. The van der Waals surface area contributed by atoms with Crippen molar-refractivity contribution in [2.75, 3.05) is 28.2 Å². The molecular weight excluding hydrogens is 328 g/mol. The molecule has 0 radical (unpaired) electrons. The summed E-state index contributed by atoms with van der Waals surface area (Å²) < 4.78 is 0. The average Bonchev–Trinajstić information content (AvgIpc) is 3.36. The van der Waals surface area contributed by atoms with E-state index in [-0.39, 0.29) is 17.1 Å². The molecule has 0 saturated heterocycles. The number of hydrogen-bond donors (Lipinski definition) is 1. The van der Waals surface area contributed by atoms with Crippen LogP contribution in [0.3, 0.4) is 0 Å². The summed E-state index contributed by atoms with van der Waals surface area (Å²) in [6, 6.07) is 6.84. The van der Waals surface area contributed by atoms with Crippen LogP contribution in [-0.2, 0) is 0 Å². The molecule has 1 unspecified atom stereocenters. The van der Waals surface area contributed by atoms with Gasteiger partial charge in [-0.3, -0.25) is 4.90 Å². The van der Waals surface area contributed by atoms with Gasteiger partial charge >= 0.3 is 0 Å². The van der Waals surface area contributed by atoms with Gasteiger partial charge in [-0.05, 0) is 65.3 Å². The van der Waals surface area contributed by atoms with Gasteiger partial charge in [-0.2, -0.15) is 5.26 Å². The van der Waals surface area contributed by atoms with Crippen LogP contribution >= 0.6 is 11.3 Å². The third-order valence-electron chi connectivity index (χ3n) is 6.28. The summed E-state index contributed by atoms with van der Waals surface area (Å²) >= 11 is 1.78. The van der Waals surface area contributed by atoms with Gasteiger partial charge in [0.25, 0.3) is 0 Å². The second-order valence-electron chi connectivity index (χ2n) is 7.94. The van der Waals surface area contributed by atoms with Gasteiger partial charge in [0.2, 0.25) is 0 Å². The molecule has 2 aliphatic carbocycles. The summed E-state index contributed by atoms with van der Waals surface area (Å²) in [4.78, 5) is 5.72. The number of nitrogens with zero attached hydrogens (tertiary/aromatic N) is 3. The van der Waals surface area contributed by atoms with E-state index < -0.39 is 0 Å². The van der Waals surface area contributed by atoms with Crippen LogP contribution in [0.2, 0.25) is 0 Å². The van der Waals surface area contributed by atoms with Gasteiger partial charge in [-0.25, -0.2) is 0 Å². The van der Waals surface area contributed by atoms with Gasteiger partial charge in [0, 0.05) is 10.4 Å². The van der Waals surface area contributed by atoms with E-state index in [9.17, 15) is 0 Å². The SMILES string of the molecule is CN(C)C1(C#N)CCCC1.CN(C)C1(C(N)c2cccs2)CCCC1. The Morgan fingerprint density at radius 2 is 1.60 bits per heavy atom. The first-order valence-corrected chi connectivity index (χ1v) is 10.3. The molecule has 1 aromatic rings. The highest BCUT2D eigenvalue weighted by Crippen LogP contribution is 2.43. The topological polar surface area (TPSA) is 56.3 Å². The minimum absolute atomic E-state index is 0.125. The smallest absolute Gasteiger partial charge is 0.108 e. The molecule has 2 N–H and O–H groups in total. The fourth-order valence-corrected chi connectivity index (χ4v) is 5.21. The summed E-state index contributed by atoms with van der Waals surface area (Å²) in [6.07, 6.45) is 9.64. The van der Waals surface area contributed by atoms with Gasteiger partial charge in [0.05, 0.1) is 12.1 Å². The summed E-state index contributed by atoms with van der Waals surface area (Å²) in [5.74, 6) is 0. The highest BCUT2D eigenvalue weighted by Gasteiger charge is 2.42. The van der Waals surface area contributed by atoms with Gasteiger partial charge in [-0.1, -0.05) is 31.7 Å². The minimum Gasteiger partial charge on any atom is -0.322 e. The summed E-state index contributed by atoms with van der Waals surface area (Å²) in [5.41, 5.74) is 6.52. The molecule has 1 aromatic heterocycles. The first-order valence-electron chi connectivity index (χ1n) is 9.43. The van der Waals surface area contributed by atoms with Crippen molar-refractivity contribution < 1.29 is 0 Å². The molecular formula is C20H34N4S. The van der Waals surface area contributed by atoms with Gasteiger partial charge in [0.1, 0.15) is 5.54 Å². The Kier molecular flexibility index (Phi) is 7.04. The van der Waals surface area contributed by atoms with E-state index in [4.69, 9.17) is 11.0 Å². The highest BCUT2D eigenvalue weighted by molar-refractivity contribution is 7.10. The third-order valence-corrected chi connectivity index (χ3v) is 7.24. The van der Waals surface area contributed by atoms with Crippen molar-refractivity contribution in [2.24, 2.45) is 5.73 Å². The lowest BCUT2D eigenvalue weighted by Crippen LogP contribution is -2.50. The van der Waals surface area contributed by atoms with Crippen molar-refractivity contribution in [1.29, 1.82) is 5.26 Å². The molecule has 4 nitrogen and oxygen atoms in total. The van der Waals surface area contributed by atoms with Gasteiger partial charge in [0.15, 0.2) is 0 Å². The average molecular weight is 363 g/mol. The second-order valence-corrected chi connectivity index (χ2v) is 8.92. The van der Waals surface area contributed by atoms with Gasteiger partial charge < -0.3 is 10.6 Å². The predicted molar refractivity (Wildman–Crippen MR) is 107 cm³/mol. The highest BCUT2D eigenvalue weighted by atomic mass is 32.1.